The van der Waals surface area contributed by atoms with Crippen molar-refractivity contribution in [1.82, 2.24) is 0 Å². The van der Waals surface area contributed by atoms with Gasteiger partial charge in [0.2, 0.25) is 0 Å². The van der Waals surface area contributed by atoms with Crippen LogP contribution in [-0.2, 0) is 36.0 Å². The average Bonchev–Trinajstić information content (AvgIpc) is 3.09. The van der Waals surface area contributed by atoms with E-state index in [2.05, 4.69) is 13.8 Å². The summed E-state index contributed by atoms with van der Waals surface area (Å²) in [6.45, 7) is 7.30. The molecule has 1 aliphatic carbocycles. The third-order valence-corrected chi connectivity index (χ3v) is 15.7. The average molecular weight is 544 g/mol. The Morgan fingerprint density at radius 3 is 2.04 bits per heavy atom. The molecule has 0 heterocycles. The molecular formula is C20H35F3GeO3Zr. The maximum atomic E-state index is 13.6. The van der Waals surface area contributed by atoms with Crippen LogP contribution < -0.4 is 0 Å². The van der Waals surface area contributed by atoms with Gasteiger partial charge in [0.05, 0.1) is 0 Å². The van der Waals surface area contributed by atoms with Crippen LogP contribution >= 0.6 is 0 Å². The van der Waals surface area contributed by atoms with E-state index < -0.39 is 47.9 Å². The van der Waals surface area contributed by atoms with Crippen molar-refractivity contribution in [2.45, 2.75) is 88.2 Å². The fourth-order valence-corrected chi connectivity index (χ4v) is 13.2. The van der Waals surface area contributed by atoms with Gasteiger partial charge in [-0.3, -0.25) is 0 Å². The molecule has 0 aromatic heterocycles. The number of unbranched alkanes of at least 4 members (excludes halogenated alkanes) is 2. The van der Waals surface area contributed by atoms with Gasteiger partial charge in [0.15, 0.2) is 0 Å². The normalized spacial score (nSPS) is 15.6. The summed E-state index contributed by atoms with van der Waals surface area (Å²) in [7, 11) is 0. The fraction of sp³-hybridized carbons (Fsp3) is 0.800. The molecule has 0 bridgehead atoms. The summed E-state index contributed by atoms with van der Waals surface area (Å²) in [5, 5.41) is -4.11. The summed E-state index contributed by atoms with van der Waals surface area (Å²) in [6.07, 6.45) is 9.38. The van der Waals surface area contributed by atoms with E-state index in [9.17, 15) is 13.2 Å². The Hall–Kier alpha value is 0.576. The molecule has 162 valence electrons. The minimum atomic E-state index is -4.12. The Labute approximate surface area is 183 Å². The molecule has 0 saturated carbocycles. The van der Waals surface area contributed by atoms with E-state index in [4.69, 9.17) is 12.3 Å². The molecule has 0 aromatic rings. The van der Waals surface area contributed by atoms with Crippen molar-refractivity contribution in [2.24, 2.45) is 0 Å². The first-order valence-corrected chi connectivity index (χ1v) is 18.8. The Balaban J connectivity index is 2.98. The number of allylic oxidation sites excluding steroid dienone is 4. The third kappa shape index (κ3) is 7.68. The van der Waals surface area contributed by atoms with Gasteiger partial charge in [-0.25, -0.2) is 0 Å². The van der Waals surface area contributed by atoms with Gasteiger partial charge in [-0.15, -0.1) is 0 Å². The van der Waals surface area contributed by atoms with Gasteiger partial charge >= 0.3 is 184 Å². The summed E-state index contributed by atoms with van der Waals surface area (Å²) in [4.78, 5) is 0. The van der Waals surface area contributed by atoms with Gasteiger partial charge in [-0.2, -0.15) is 0 Å². The number of alkyl halides is 3. The van der Waals surface area contributed by atoms with E-state index in [-0.39, 0.29) is 0 Å². The van der Waals surface area contributed by atoms with E-state index in [0.717, 1.165) is 35.4 Å². The summed E-state index contributed by atoms with van der Waals surface area (Å²) < 4.78 is 60.6. The molecule has 0 unspecified atom stereocenters. The molecule has 0 aromatic carbocycles. The molecule has 3 nitrogen and oxygen atoms in total. The minimum absolute atomic E-state index is 0.540. The Bertz CT molecular complexity index is 523. The molecule has 0 aliphatic heterocycles. The summed E-state index contributed by atoms with van der Waals surface area (Å²) in [5.41, 5.74) is 0. The van der Waals surface area contributed by atoms with Gasteiger partial charge in [-0.05, 0) is 0 Å². The Morgan fingerprint density at radius 1 is 1.00 bits per heavy atom. The zero-order valence-electron chi connectivity index (χ0n) is 17.9. The topological polar surface area (TPSA) is 27.7 Å². The second-order valence-electron chi connectivity index (χ2n) is 7.66. The van der Waals surface area contributed by atoms with Crippen molar-refractivity contribution in [3.63, 3.8) is 0 Å². The molecule has 28 heavy (non-hydrogen) atoms. The van der Waals surface area contributed by atoms with Crippen LogP contribution in [0.5, 0.6) is 0 Å². The van der Waals surface area contributed by atoms with Gasteiger partial charge in [-0.1, -0.05) is 0 Å². The molecule has 0 radical (unpaired) electrons. The van der Waals surface area contributed by atoms with Crippen LogP contribution in [-0.4, -0.2) is 37.5 Å². The molecule has 0 fully saturated rings. The standard InChI is InChI=1S/C12H25O3.C8H10F3Ge.Zr/c1-4-7-10-14-12(13,9-6-3)15-11-8-5-2;1-12(2,8(9,10)11)7-5-3-4-6-7;/h4-11H2,1-3H3;3,5H,4H2,1-2H3;/q-1;;+1. The van der Waals surface area contributed by atoms with Crippen LogP contribution in [0.2, 0.25) is 11.5 Å². The van der Waals surface area contributed by atoms with Crippen molar-refractivity contribution in [3.05, 3.63) is 19.8 Å². The van der Waals surface area contributed by atoms with E-state index >= 15 is 0 Å². The molecule has 0 N–H and O–H groups in total. The van der Waals surface area contributed by atoms with Gasteiger partial charge < -0.3 is 0 Å². The van der Waals surface area contributed by atoms with Crippen molar-refractivity contribution in [3.8, 4) is 0 Å². The first-order chi connectivity index (χ1) is 13.1. The molecule has 0 saturated heterocycles. The number of halogens is 3. The van der Waals surface area contributed by atoms with E-state index in [1.807, 2.05) is 13.0 Å². The maximum absolute atomic E-state index is 13.6. The van der Waals surface area contributed by atoms with Crippen LogP contribution in [0.4, 0.5) is 13.2 Å². The summed E-state index contributed by atoms with van der Waals surface area (Å²) in [5.74, 6) is 1.76. The number of hydrogen-bond acceptors (Lipinski definition) is 3. The number of ether oxygens (including phenoxy) is 2. The molecular weight excluding hydrogens is 509 g/mol. The molecule has 0 atom stereocenters. The van der Waals surface area contributed by atoms with Crippen molar-refractivity contribution in [1.29, 1.82) is 0 Å². The predicted molar refractivity (Wildman–Crippen MR) is 105 cm³/mol. The first-order valence-electron chi connectivity index (χ1n) is 10.3. The molecule has 1 rings (SSSR count). The molecule has 0 spiro atoms. The zero-order valence-corrected chi connectivity index (χ0v) is 22.4. The zero-order chi connectivity index (χ0) is 21.3. The molecule has 1 aliphatic rings. The van der Waals surface area contributed by atoms with Crippen LogP contribution in [0.3, 0.4) is 0 Å². The summed E-state index contributed by atoms with van der Waals surface area (Å²) >= 11 is -5.83. The van der Waals surface area contributed by atoms with Gasteiger partial charge in [0.1, 0.15) is 0 Å². The quantitative estimate of drug-likeness (QED) is 0.139. The number of hydrogen-bond donors (Lipinski definition) is 0. The van der Waals surface area contributed by atoms with Crippen molar-refractivity contribution < 1.29 is 49.1 Å². The van der Waals surface area contributed by atoms with Crippen LogP contribution in [0.1, 0.15) is 65.7 Å². The molecule has 0 amide bonds. The van der Waals surface area contributed by atoms with Gasteiger partial charge in [0.25, 0.3) is 0 Å². The Kier molecular flexibility index (Phi) is 11.8. The van der Waals surface area contributed by atoms with E-state index in [1.165, 1.54) is 11.5 Å². The van der Waals surface area contributed by atoms with Crippen LogP contribution in [0.15, 0.2) is 19.8 Å². The fourth-order valence-electron chi connectivity index (χ4n) is 2.83. The second kappa shape index (κ2) is 12.4. The molecule has 8 heteroatoms. The predicted octanol–water partition coefficient (Wildman–Crippen LogP) is 6.65. The van der Waals surface area contributed by atoms with E-state index in [0.29, 0.717) is 30.5 Å². The Morgan fingerprint density at radius 2 is 1.57 bits per heavy atom. The van der Waals surface area contributed by atoms with Crippen molar-refractivity contribution in [2.75, 3.05) is 13.2 Å². The second-order valence-corrected chi connectivity index (χ2v) is 19.3. The van der Waals surface area contributed by atoms with Crippen molar-refractivity contribution >= 4 is 13.3 Å². The van der Waals surface area contributed by atoms with E-state index in [1.54, 1.807) is 6.08 Å². The SMILES string of the molecule is CCCCOC(CCC)(OCCCC)[O][Zr][C]1=[C]([Ge]([CH3])([CH3])[C](F)(F)F)C=CC1. The van der Waals surface area contributed by atoms with Crippen LogP contribution in [0, 0.1) is 0 Å². The van der Waals surface area contributed by atoms with Gasteiger partial charge in [0, 0.05) is 0 Å². The summed E-state index contributed by atoms with van der Waals surface area (Å²) in [6, 6.07) is 0. The monoisotopic (exact) mass is 544 g/mol. The first kappa shape index (κ1) is 26.6. The third-order valence-electron chi connectivity index (χ3n) is 4.84. The number of rotatable bonds is 14. The van der Waals surface area contributed by atoms with Crippen LogP contribution in [0.25, 0.3) is 0 Å².